The standard InChI is InChI=1S/C36H25N3O9/c1-39(22-9-7-21(8-10-22)37-38-30-5-3-2-4-26(30)34(43)44)19-46-24-12-15-28-32(18-24)47-31-17-23(40)11-14-27(31)36(28)29-16-20(33(41)42)6-13-25(29)35(45)48-36/h2-18,40H,19H2,1H3,(H,41,42)(H,43,44). The minimum absolute atomic E-state index is 0.0117. The number of phenolic OH excluding ortho intramolecular Hbond substituents is 1. The molecule has 2 heterocycles. The fourth-order valence-electron chi connectivity index (χ4n) is 5.79. The first-order valence-corrected chi connectivity index (χ1v) is 14.6. The van der Waals surface area contributed by atoms with Crippen molar-refractivity contribution >= 4 is 35.0 Å². The fraction of sp³-hybridized carbons (Fsp3) is 0.0833. The molecule has 0 saturated heterocycles. The molecular formula is C36H25N3O9. The molecule has 3 N–H and O–H groups in total. The molecule has 1 unspecified atom stereocenters. The van der Waals surface area contributed by atoms with Crippen LogP contribution in [0.3, 0.4) is 0 Å². The molecule has 1 spiro atoms. The summed E-state index contributed by atoms with van der Waals surface area (Å²) in [6.07, 6.45) is 0. The SMILES string of the molecule is CN(COc1ccc2c(c1)Oc1cc(O)ccc1C21OC(=O)c2ccc(C(=O)O)cc21)c1ccc(N=Nc2ccccc2C(=O)O)cc1. The van der Waals surface area contributed by atoms with E-state index in [1.165, 1.54) is 36.4 Å². The Morgan fingerprint density at radius 2 is 1.54 bits per heavy atom. The second-order valence-corrected chi connectivity index (χ2v) is 11.1. The van der Waals surface area contributed by atoms with E-state index in [0.717, 1.165) is 5.69 Å². The molecule has 12 nitrogen and oxygen atoms in total. The maximum absolute atomic E-state index is 13.1. The minimum Gasteiger partial charge on any atom is -0.508 e. The van der Waals surface area contributed by atoms with E-state index in [1.54, 1.807) is 54.6 Å². The summed E-state index contributed by atoms with van der Waals surface area (Å²) in [6.45, 7) is 0.133. The third kappa shape index (κ3) is 5.10. The number of rotatable bonds is 8. The number of benzene rings is 5. The number of carbonyl (C=O) groups is 3. The number of aromatic hydroxyl groups is 1. The molecule has 2 aliphatic heterocycles. The lowest BCUT2D eigenvalue weighted by Gasteiger charge is -2.36. The molecule has 238 valence electrons. The first-order chi connectivity index (χ1) is 23.1. The second kappa shape index (κ2) is 11.6. The Hall–Kier alpha value is -6.69. The van der Waals surface area contributed by atoms with E-state index in [1.807, 2.05) is 24.1 Å². The average Bonchev–Trinajstić information content (AvgIpc) is 3.37. The number of nitrogens with zero attached hydrogens (tertiary/aromatic N) is 3. The Morgan fingerprint density at radius 1 is 0.812 bits per heavy atom. The molecule has 1 atom stereocenters. The van der Waals surface area contributed by atoms with Crippen LogP contribution in [-0.2, 0) is 10.3 Å². The van der Waals surface area contributed by atoms with Gasteiger partial charge in [0.25, 0.3) is 0 Å². The van der Waals surface area contributed by atoms with Crippen molar-refractivity contribution in [1.29, 1.82) is 0 Å². The maximum Gasteiger partial charge on any atom is 0.340 e. The van der Waals surface area contributed by atoms with Crippen LogP contribution in [0.4, 0.5) is 17.1 Å². The third-order valence-electron chi connectivity index (χ3n) is 8.13. The highest BCUT2D eigenvalue weighted by molar-refractivity contribution is 5.99. The number of carboxylic acid groups (broad SMARTS) is 2. The van der Waals surface area contributed by atoms with Gasteiger partial charge in [-0.3, -0.25) is 0 Å². The van der Waals surface area contributed by atoms with Crippen molar-refractivity contribution in [1.82, 2.24) is 0 Å². The zero-order valence-corrected chi connectivity index (χ0v) is 25.2. The summed E-state index contributed by atoms with van der Waals surface area (Å²) in [7, 11) is 1.83. The smallest absolute Gasteiger partial charge is 0.340 e. The van der Waals surface area contributed by atoms with Crippen molar-refractivity contribution in [3.8, 4) is 23.0 Å². The molecular weight excluding hydrogens is 618 g/mol. The quantitative estimate of drug-likeness (QED) is 0.0890. The molecule has 0 bridgehead atoms. The van der Waals surface area contributed by atoms with E-state index in [9.17, 15) is 29.7 Å². The molecule has 7 rings (SSSR count). The summed E-state index contributed by atoms with van der Waals surface area (Å²) in [5, 5.41) is 37.5. The number of esters is 1. The molecule has 5 aromatic carbocycles. The largest absolute Gasteiger partial charge is 0.508 e. The molecule has 12 heteroatoms. The third-order valence-corrected chi connectivity index (χ3v) is 8.13. The second-order valence-electron chi connectivity index (χ2n) is 11.1. The molecule has 0 amide bonds. The first kappa shape index (κ1) is 30.0. The summed E-state index contributed by atoms with van der Waals surface area (Å²) in [4.78, 5) is 38.3. The molecule has 48 heavy (non-hydrogen) atoms. The Labute approximate surface area is 272 Å². The van der Waals surface area contributed by atoms with Crippen molar-refractivity contribution in [2.75, 3.05) is 18.7 Å². The van der Waals surface area contributed by atoms with Gasteiger partial charge in [-0.05, 0) is 78.9 Å². The van der Waals surface area contributed by atoms with Crippen LogP contribution >= 0.6 is 0 Å². The Balaban J connectivity index is 1.13. The molecule has 0 aromatic heterocycles. The van der Waals surface area contributed by atoms with Crippen LogP contribution < -0.4 is 14.4 Å². The average molecular weight is 644 g/mol. The van der Waals surface area contributed by atoms with Gasteiger partial charge >= 0.3 is 17.9 Å². The van der Waals surface area contributed by atoms with Gasteiger partial charge in [0.1, 0.15) is 28.7 Å². The van der Waals surface area contributed by atoms with Gasteiger partial charge in [0.15, 0.2) is 12.3 Å². The number of anilines is 1. The van der Waals surface area contributed by atoms with Gasteiger partial charge in [0.05, 0.1) is 22.4 Å². The van der Waals surface area contributed by atoms with Gasteiger partial charge in [-0.2, -0.15) is 5.11 Å². The zero-order valence-electron chi connectivity index (χ0n) is 25.2. The Kier molecular flexibility index (Phi) is 7.24. The number of azo groups is 1. The zero-order chi connectivity index (χ0) is 33.6. The monoisotopic (exact) mass is 643 g/mol. The van der Waals surface area contributed by atoms with E-state index < -0.39 is 23.5 Å². The van der Waals surface area contributed by atoms with Crippen molar-refractivity contribution in [2.24, 2.45) is 10.2 Å². The highest BCUT2D eigenvalue weighted by Crippen LogP contribution is 2.57. The molecule has 5 aromatic rings. The number of hydrogen-bond acceptors (Lipinski definition) is 10. The van der Waals surface area contributed by atoms with E-state index in [-0.39, 0.29) is 40.6 Å². The summed E-state index contributed by atoms with van der Waals surface area (Å²) >= 11 is 0. The van der Waals surface area contributed by atoms with Crippen molar-refractivity contribution in [2.45, 2.75) is 5.60 Å². The van der Waals surface area contributed by atoms with E-state index in [4.69, 9.17) is 14.2 Å². The fourth-order valence-corrected chi connectivity index (χ4v) is 5.79. The van der Waals surface area contributed by atoms with Gasteiger partial charge in [-0.25, -0.2) is 14.4 Å². The van der Waals surface area contributed by atoms with E-state index in [2.05, 4.69) is 10.2 Å². The van der Waals surface area contributed by atoms with Crippen molar-refractivity contribution in [3.05, 3.63) is 137 Å². The lowest BCUT2D eigenvalue weighted by atomic mass is 9.77. The van der Waals surface area contributed by atoms with E-state index >= 15 is 0 Å². The lowest BCUT2D eigenvalue weighted by molar-refractivity contribution is 0.0224. The summed E-state index contributed by atoms with van der Waals surface area (Å²) < 4.78 is 18.3. The van der Waals surface area contributed by atoms with Crippen molar-refractivity contribution < 1.29 is 43.9 Å². The van der Waals surface area contributed by atoms with Gasteiger partial charge in [0.2, 0.25) is 0 Å². The van der Waals surface area contributed by atoms with E-state index in [0.29, 0.717) is 33.9 Å². The number of carbonyl (C=O) groups excluding carboxylic acids is 1. The Bertz CT molecular complexity index is 2160. The van der Waals surface area contributed by atoms with Crippen LogP contribution in [0.5, 0.6) is 23.0 Å². The molecule has 0 radical (unpaired) electrons. The molecule has 2 aliphatic rings. The topological polar surface area (TPSA) is 168 Å². The lowest BCUT2D eigenvalue weighted by Crippen LogP contribution is -2.33. The number of fused-ring (bicyclic) bond motifs is 6. The molecule has 0 saturated carbocycles. The highest BCUT2D eigenvalue weighted by atomic mass is 16.6. The maximum atomic E-state index is 13.1. The highest BCUT2D eigenvalue weighted by Gasteiger charge is 2.54. The Morgan fingerprint density at radius 3 is 2.29 bits per heavy atom. The number of hydrogen-bond donors (Lipinski definition) is 3. The van der Waals surface area contributed by atoms with Crippen LogP contribution in [-0.4, -0.2) is 47.0 Å². The summed E-state index contributed by atoms with van der Waals surface area (Å²) in [5.41, 5.74) is 1.60. The molecule has 0 aliphatic carbocycles. The van der Waals surface area contributed by atoms with Crippen LogP contribution in [0.2, 0.25) is 0 Å². The van der Waals surface area contributed by atoms with Gasteiger partial charge in [-0.15, -0.1) is 5.11 Å². The number of carboxylic acids is 2. The van der Waals surface area contributed by atoms with Crippen LogP contribution in [0, 0.1) is 0 Å². The number of phenols is 1. The number of aromatic carboxylic acids is 2. The summed E-state index contributed by atoms with van der Waals surface area (Å²) in [5.74, 6) is -1.95. The predicted molar refractivity (Wildman–Crippen MR) is 171 cm³/mol. The van der Waals surface area contributed by atoms with Crippen molar-refractivity contribution in [3.63, 3.8) is 0 Å². The van der Waals surface area contributed by atoms with Crippen LogP contribution in [0.15, 0.2) is 113 Å². The summed E-state index contributed by atoms with van der Waals surface area (Å²) in [6, 6.07) is 27.2. The molecule has 0 fully saturated rings. The number of ether oxygens (including phenoxy) is 3. The van der Waals surface area contributed by atoms with Gasteiger partial charge in [-0.1, -0.05) is 12.1 Å². The normalized spacial score (nSPS) is 15.6. The van der Waals surface area contributed by atoms with Gasteiger partial charge < -0.3 is 34.4 Å². The van der Waals surface area contributed by atoms with Crippen LogP contribution in [0.25, 0.3) is 0 Å². The van der Waals surface area contributed by atoms with Crippen LogP contribution in [0.1, 0.15) is 47.8 Å². The van der Waals surface area contributed by atoms with Gasteiger partial charge in [0, 0.05) is 41.6 Å². The predicted octanol–water partition coefficient (Wildman–Crippen LogP) is 7.24. The first-order valence-electron chi connectivity index (χ1n) is 14.6. The minimum atomic E-state index is -1.52.